The Kier molecular flexibility index (Phi) is 5.43. The highest BCUT2D eigenvalue weighted by Gasteiger charge is 2.29. The summed E-state index contributed by atoms with van der Waals surface area (Å²) in [4.78, 5) is 23.5. The summed E-state index contributed by atoms with van der Waals surface area (Å²) in [7, 11) is 1.55. The SMILES string of the molecule is CCn1nccc1-c1cc([C@@H]2CCCCN2C(=O)COC)nc(C)n1. The van der Waals surface area contributed by atoms with Crippen molar-refractivity contribution in [3.63, 3.8) is 0 Å². The zero-order valence-corrected chi connectivity index (χ0v) is 15.1. The van der Waals surface area contributed by atoms with Crippen molar-refractivity contribution in [2.75, 3.05) is 20.3 Å². The van der Waals surface area contributed by atoms with Crippen molar-refractivity contribution >= 4 is 5.91 Å². The molecule has 25 heavy (non-hydrogen) atoms. The maximum Gasteiger partial charge on any atom is 0.249 e. The first-order chi connectivity index (χ1) is 12.1. The van der Waals surface area contributed by atoms with E-state index in [1.54, 1.807) is 13.3 Å². The van der Waals surface area contributed by atoms with E-state index in [1.807, 2.05) is 28.6 Å². The number of hydrogen-bond acceptors (Lipinski definition) is 5. The predicted octanol–water partition coefficient (Wildman–Crippen LogP) is 2.37. The molecule has 1 fully saturated rings. The summed E-state index contributed by atoms with van der Waals surface area (Å²) < 4.78 is 6.96. The van der Waals surface area contributed by atoms with E-state index in [2.05, 4.69) is 22.0 Å². The van der Waals surface area contributed by atoms with Crippen LogP contribution < -0.4 is 0 Å². The molecule has 1 aliphatic heterocycles. The smallest absolute Gasteiger partial charge is 0.249 e. The highest BCUT2D eigenvalue weighted by Crippen LogP contribution is 2.31. The third-order valence-corrected chi connectivity index (χ3v) is 4.57. The Balaban J connectivity index is 1.97. The first-order valence-electron chi connectivity index (χ1n) is 8.80. The van der Waals surface area contributed by atoms with Crippen molar-refractivity contribution in [2.45, 2.75) is 45.7 Å². The molecule has 1 atom stereocenters. The number of likely N-dealkylation sites (tertiary alicyclic amines) is 1. The van der Waals surface area contributed by atoms with Gasteiger partial charge in [0.1, 0.15) is 12.4 Å². The molecule has 0 aliphatic carbocycles. The van der Waals surface area contributed by atoms with Crippen LogP contribution in [0.2, 0.25) is 0 Å². The van der Waals surface area contributed by atoms with Crippen molar-refractivity contribution in [3.05, 3.63) is 29.8 Å². The highest BCUT2D eigenvalue weighted by molar-refractivity contribution is 5.78. The summed E-state index contributed by atoms with van der Waals surface area (Å²) in [6, 6.07) is 3.94. The number of aromatic nitrogens is 4. The van der Waals surface area contributed by atoms with E-state index in [0.29, 0.717) is 5.82 Å². The van der Waals surface area contributed by atoms with Gasteiger partial charge in [0.25, 0.3) is 0 Å². The van der Waals surface area contributed by atoms with Gasteiger partial charge in [-0.2, -0.15) is 5.10 Å². The molecular weight excluding hydrogens is 318 g/mol. The van der Waals surface area contributed by atoms with Gasteiger partial charge in [0.05, 0.1) is 23.1 Å². The van der Waals surface area contributed by atoms with E-state index in [0.717, 1.165) is 49.4 Å². The molecule has 0 radical (unpaired) electrons. The number of aryl methyl sites for hydroxylation is 2. The normalized spacial score (nSPS) is 17.7. The lowest BCUT2D eigenvalue weighted by Crippen LogP contribution is -2.40. The van der Waals surface area contributed by atoms with Crippen LogP contribution in [0.1, 0.15) is 43.7 Å². The van der Waals surface area contributed by atoms with E-state index in [1.165, 1.54) is 0 Å². The quantitative estimate of drug-likeness (QED) is 0.833. The Morgan fingerprint density at radius 3 is 2.96 bits per heavy atom. The molecular formula is C18H25N5O2. The van der Waals surface area contributed by atoms with Crippen molar-refractivity contribution in [3.8, 4) is 11.4 Å². The molecule has 1 aliphatic rings. The molecule has 0 N–H and O–H groups in total. The standard InChI is InChI=1S/C18H25N5O2/c1-4-23-17(8-9-19-23)15-11-14(20-13(2)21-15)16-7-5-6-10-22(16)18(24)12-25-3/h8-9,11,16H,4-7,10,12H2,1-3H3/t16-/m0/s1. The molecule has 0 bridgehead atoms. The second-order valence-corrected chi connectivity index (χ2v) is 6.29. The number of nitrogens with zero attached hydrogens (tertiary/aromatic N) is 5. The summed E-state index contributed by atoms with van der Waals surface area (Å²) in [6.45, 7) is 5.58. The second-order valence-electron chi connectivity index (χ2n) is 6.29. The maximum absolute atomic E-state index is 12.4. The molecule has 1 amide bonds. The second kappa shape index (κ2) is 7.74. The van der Waals surface area contributed by atoms with E-state index in [9.17, 15) is 4.79 Å². The molecule has 0 aromatic carbocycles. The molecule has 2 aromatic rings. The summed E-state index contributed by atoms with van der Waals surface area (Å²) in [5.41, 5.74) is 2.72. The number of ether oxygens (including phenoxy) is 1. The average molecular weight is 343 g/mol. The van der Waals surface area contributed by atoms with Crippen LogP contribution in [-0.2, 0) is 16.1 Å². The lowest BCUT2D eigenvalue weighted by Gasteiger charge is -2.35. The van der Waals surface area contributed by atoms with Gasteiger partial charge in [-0.15, -0.1) is 0 Å². The molecule has 0 unspecified atom stereocenters. The van der Waals surface area contributed by atoms with Crippen LogP contribution in [-0.4, -0.2) is 50.8 Å². The fourth-order valence-electron chi connectivity index (χ4n) is 3.44. The van der Waals surface area contributed by atoms with Gasteiger partial charge >= 0.3 is 0 Å². The van der Waals surface area contributed by atoms with Gasteiger partial charge in [-0.1, -0.05) is 0 Å². The van der Waals surface area contributed by atoms with Crippen molar-refractivity contribution in [1.29, 1.82) is 0 Å². The van der Waals surface area contributed by atoms with Crippen LogP contribution in [0.25, 0.3) is 11.4 Å². The third kappa shape index (κ3) is 3.71. The first kappa shape index (κ1) is 17.5. The first-order valence-corrected chi connectivity index (χ1v) is 8.80. The van der Waals surface area contributed by atoms with E-state index >= 15 is 0 Å². The van der Waals surface area contributed by atoms with E-state index < -0.39 is 0 Å². The van der Waals surface area contributed by atoms with Crippen LogP contribution in [0.4, 0.5) is 0 Å². The average Bonchev–Trinajstić information content (AvgIpc) is 3.10. The Bertz CT molecular complexity index is 743. The number of carbonyl (C=O) groups excluding carboxylic acids is 1. The Hall–Kier alpha value is -2.28. The largest absolute Gasteiger partial charge is 0.375 e. The van der Waals surface area contributed by atoms with Gasteiger partial charge in [-0.25, -0.2) is 9.97 Å². The summed E-state index contributed by atoms with van der Waals surface area (Å²) in [6.07, 6.45) is 4.81. The molecule has 2 aromatic heterocycles. The van der Waals surface area contributed by atoms with Crippen LogP contribution in [0.5, 0.6) is 0 Å². The van der Waals surface area contributed by atoms with Crippen LogP contribution in [0.15, 0.2) is 18.3 Å². The Morgan fingerprint density at radius 2 is 2.20 bits per heavy atom. The number of carbonyl (C=O) groups is 1. The zero-order valence-electron chi connectivity index (χ0n) is 15.1. The minimum Gasteiger partial charge on any atom is -0.375 e. The lowest BCUT2D eigenvalue weighted by atomic mass is 9.98. The summed E-state index contributed by atoms with van der Waals surface area (Å²) in [5.74, 6) is 0.727. The molecule has 3 rings (SSSR count). The molecule has 7 nitrogen and oxygen atoms in total. The summed E-state index contributed by atoms with van der Waals surface area (Å²) >= 11 is 0. The highest BCUT2D eigenvalue weighted by atomic mass is 16.5. The van der Waals surface area contributed by atoms with Crippen LogP contribution in [0.3, 0.4) is 0 Å². The van der Waals surface area contributed by atoms with Gasteiger partial charge in [-0.3, -0.25) is 9.48 Å². The van der Waals surface area contributed by atoms with Gasteiger partial charge < -0.3 is 9.64 Å². The molecule has 7 heteroatoms. The van der Waals surface area contributed by atoms with Gasteiger partial charge in [0, 0.05) is 26.4 Å². The molecule has 0 spiro atoms. The number of piperidine rings is 1. The minimum absolute atomic E-state index is 0.0172. The molecule has 134 valence electrons. The predicted molar refractivity (Wildman–Crippen MR) is 93.8 cm³/mol. The number of methoxy groups -OCH3 is 1. The van der Waals surface area contributed by atoms with E-state index in [4.69, 9.17) is 4.74 Å². The Morgan fingerprint density at radius 1 is 1.36 bits per heavy atom. The zero-order chi connectivity index (χ0) is 17.8. The fourth-order valence-corrected chi connectivity index (χ4v) is 3.44. The van der Waals surface area contributed by atoms with Gasteiger partial charge in [-0.05, 0) is 45.2 Å². The van der Waals surface area contributed by atoms with Crippen molar-refractivity contribution in [2.24, 2.45) is 0 Å². The lowest BCUT2D eigenvalue weighted by molar-refractivity contribution is -0.139. The third-order valence-electron chi connectivity index (χ3n) is 4.57. The number of hydrogen-bond donors (Lipinski definition) is 0. The van der Waals surface area contributed by atoms with Crippen molar-refractivity contribution in [1.82, 2.24) is 24.6 Å². The maximum atomic E-state index is 12.4. The van der Waals surface area contributed by atoms with Gasteiger partial charge in [0.15, 0.2) is 0 Å². The topological polar surface area (TPSA) is 73.1 Å². The van der Waals surface area contributed by atoms with Gasteiger partial charge in [0.2, 0.25) is 5.91 Å². The molecule has 0 saturated carbocycles. The minimum atomic E-state index is -0.0187. The fraction of sp³-hybridized carbons (Fsp3) is 0.556. The van der Waals surface area contributed by atoms with Crippen LogP contribution in [0, 0.1) is 6.92 Å². The van der Waals surface area contributed by atoms with E-state index in [-0.39, 0.29) is 18.6 Å². The Labute approximate surface area is 148 Å². The number of amides is 1. The monoisotopic (exact) mass is 343 g/mol. The molecule has 3 heterocycles. The number of rotatable bonds is 5. The summed E-state index contributed by atoms with van der Waals surface area (Å²) in [5, 5.41) is 4.33. The van der Waals surface area contributed by atoms with Crippen molar-refractivity contribution < 1.29 is 9.53 Å². The van der Waals surface area contributed by atoms with Crippen LogP contribution >= 0.6 is 0 Å². The molecule has 1 saturated heterocycles.